The number of hydrogen-bond donors (Lipinski definition) is 1. The van der Waals surface area contributed by atoms with Crippen LogP contribution in [0.25, 0.3) is 0 Å². The van der Waals surface area contributed by atoms with Crippen molar-refractivity contribution >= 4 is 17.7 Å². The number of para-hydroxylation sites is 1. The monoisotopic (exact) mass is 547 g/mol. The van der Waals surface area contributed by atoms with E-state index in [-0.39, 0.29) is 28.8 Å². The van der Waals surface area contributed by atoms with Crippen LogP contribution in [-0.4, -0.2) is 83.9 Å². The fraction of sp³-hybridized carbons (Fsp3) is 0.414. The van der Waals surface area contributed by atoms with E-state index in [1.54, 1.807) is 40.3 Å². The molecule has 4 heterocycles. The number of hydrogen-bond acceptors (Lipinski definition) is 8. The number of likely N-dealkylation sites (tertiary alicyclic amines) is 1. The standard InChI is InChI=1S/C29H33N5O6/c1-38-26-22(7-4-12-30-26)27(36)34-15-10-29(11-16-34)9-14-33(28(37)23-18-39-20-32-23)13-5-17-40-24-8-3-2-6-21(24)25(35)31-19-29/h2-4,6-8,12,18,20H,5,9-11,13-17,19H2,1H3,(H,31,35). The van der Waals surface area contributed by atoms with Crippen LogP contribution in [0.15, 0.2) is 59.7 Å². The first kappa shape index (κ1) is 27.2. The van der Waals surface area contributed by atoms with E-state index in [0.717, 1.165) is 0 Å². The van der Waals surface area contributed by atoms with E-state index in [1.807, 2.05) is 12.1 Å². The van der Waals surface area contributed by atoms with Gasteiger partial charge in [-0.25, -0.2) is 9.97 Å². The Balaban J connectivity index is 1.37. The van der Waals surface area contributed by atoms with Gasteiger partial charge in [-0.3, -0.25) is 14.4 Å². The minimum atomic E-state index is -0.322. The highest BCUT2D eigenvalue weighted by atomic mass is 16.5. The second-order valence-corrected chi connectivity index (χ2v) is 10.1. The van der Waals surface area contributed by atoms with E-state index < -0.39 is 0 Å². The summed E-state index contributed by atoms with van der Waals surface area (Å²) in [6, 6.07) is 10.6. The molecule has 11 nitrogen and oxygen atoms in total. The number of fused-ring (bicyclic) bond motifs is 1. The Labute approximate surface area is 232 Å². The van der Waals surface area contributed by atoms with Crippen molar-refractivity contribution in [3.63, 3.8) is 0 Å². The molecule has 11 heteroatoms. The van der Waals surface area contributed by atoms with Crippen molar-refractivity contribution in [3.05, 3.63) is 72.1 Å². The Morgan fingerprint density at radius 1 is 0.975 bits per heavy atom. The second-order valence-electron chi connectivity index (χ2n) is 10.1. The van der Waals surface area contributed by atoms with Crippen molar-refractivity contribution in [2.45, 2.75) is 25.7 Å². The van der Waals surface area contributed by atoms with Crippen LogP contribution in [0, 0.1) is 5.41 Å². The fourth-order valence-corrected chi connectivity index (χ4v) is 5.33. The topological polar surface area (TPSA) is 127 Å². The Morgan fingerprint density at radius 3 is 2.45 bits per heavy atom. The molecule has 2 aliphatic rings. The van der Waals surface area contributed by atoms with Crippen molar-refractivity contribution in [3.8, 4) is 11.6 Å². The smallest absolute Gasteiger partial charge is 0.275 e. The highest BCUT2D eigenvalue weighted by Gasteiger charge is 2.38. The number of nitrogens with zero attached hydrogens (tertiary/aromatic N) is 4. The van der Waals surface area contributed by atoms with E-state index in [4.69, 9.17) is 13.9 Å². The summed E-state index contributed by atoms with van der Waals surface area (Å²) < 4.78 is 16.3. The van der Waals surface area contributed by atoms with Crippen LogP contribution >= 0.6 is 0 Å². The summed E-state index contributed by atoms with van der Waals surface area (Å²) in [4.78, 5) is 51.6. The van der Waals surface area contributed by atoms with Gasteiger partial charge in [0, 0.05) is 38.9 Å². The number of carbonyl (C=O) groups is 3. The molecular formula is C29H33N5O6. The summed E-state index contributed by atoms with van der Waals surface area (Å²) in [6.45, 7) is 2.71. The van der Waals surface area contributed by atoms with Crippen molar-refractivity contribution < 1.29 is 28.3 Å². The van der Waals surface area contributed by atoms with Gasteiger partial charge in [0.1, 0.15) is 17.6 Å². The first-order chi connectivity index (χ1) is 19.5. The van der Waals surface area contributed by atoms with Crippen molar-refractivity contribution in [2.24, 2.45) is 5.41 Å². The lowest BCUT2D eigenvalue weighted by Crippen LogP contribution is -2.49. The number of piperidine rings is 1. The highest BCUT2D eigenvalue weighted by Crippen LogP contribution is 2.36. The molecule has 0 radical (unpaired) electrons. The molecule has 2 aliphatic heterocycles. The molecule has 210 valence electrons. The molecule has 3 amide bonds. The molecule has 1 saturated heterocycles. The van der Waals surface area contributed by atoms with Gasteiger partial charge in [0.2, 0.25) is 5.88 Å². The van der Waals surface area contributed by atoms with Crippen LogP contribution in [0.5, 0.6) is 11.6 Å². The van der Waals surface area contributed by atoms with Gasteiger partial charge in [0.25, 0.3) is 17.7 Å². The van der Waals surface area contributed by atoms with Crippen molar-refractivity contribution in [1.82, 2.24) is 25.1 Å². The molecule has 3 aromatic rings. The molecule has 1 aromatic carbocycles. The molecule has 0 bridgehead atoms. The number of ether oxygens (including phenoxy) is 2. The van der Waals surface area contributed by atoms with E-state index in [9.17, 15) is 14.4 Å². The Morgan fingerprint density at radius 2 is 1.73 bits per heavy atom. The van der Waals surface area contributed by atoms with Crippen LogP contribution in [0.1, 0.15) is 56.9 Å². The molecule has 1 N–H and O–H groups in total. The van der Waals surface area contributed by atoms with Crippen LogP contribution in [-0.2, 0) is 0 Å². The fourth-order valence-electron chi connectivity index (χ4n) is 5.33. The third-order valence-corrected chi connectivity index (χ3v) is 7.74. The van der Waals surface area contributed by atoms with E-state index in [1.165, 1.54) is 19.8 Å². The van der Waals surface area contributed by atoms with Crippen molar-refractivity contribution in [1.29, 1.82) is 0 Å². The average Bonchev–Trinajstić information content (AvgIpc) is 3.54. The number of methoxy groups -OCH3 is 1. The average molecular weight is 548 g/mol. The Hall–Kier alpha value is -4.41. The molecule has 1 spiro atoms. The minimum absolute atomic E-state index is 0.137. The molecule has 0 saturated carbocycles. The Kier molecular flexibility index (Phi) is 8.28. The molecule has 0 unspecified atom stereocenters. The lowest BCUT2D eigenvalue weighted by atomic mass is 9.75. The summed E-state index contributed by atoms with van der Waals surface area (Å²) >= 11 is 0. The predicted molar refractivity (Wildman–Crippen MR) is 144 cm³/mol. The van der Waals surface area contributed by atoms with Crippen LogP contribution < -0.4 is 14.8 Å². The van der Waals surface area contributed by atoms with Gasteiger partial charge in [0.05, 0.1) is 19.3 Å². The molecule has 2 aromatic heterocycles. The largest absolute Gasteiger partial charge is 0.493 e. The quantitative estimate of drug-likeness (QED) is 0.530. The summed E-state index contributed by atoms with van der Waals surface area (Å²) in [5.74, 6) is 0.253. The van der Waals surface area contributed by atoms with Gasteiger partial charge >= 0.3 is 0 Å². The molecular weight excluding hydrogens is 514 g/mol. The van der Waals surface area contributed by atoms with Gasteiger partial charge in [0.15, 0.2) is 12.1 Å². The number of carbonyl (C=O) groups excluding carboxylic acids is 3. The third kappa shape index (κ3) is 5.93. The van der Waals surface area contributed by atoms with Crippen LogP contribution in [0.3, 0.4) is 0 Å². The predicted octanol–water partition coefficient (Wildman–Crippen LogP) is 3.05. The molecule has 0 atom stereocenters. The zero-order valence-corrected chi connectivity index (χ0v) is 22.5. The SMILES string of the molecule is COc1ncccc1C(=O)N1CCC2(CCN(C(=O)c3cocn3)CCCOc3ccccc3C(=O)NC2)CC1. The van der Waals surface area contributed by atoms with Crippen LogP contribution in [0.4, 0.5) is 0 Å². The number of oxazole rings is 1. The number of pyridine rings is 1. The lowest BCUT2D eigenvalue weighted by Gasteiger charge is -2.43. The van der Waals surface area contributed by atoms with Crippen LogP contribution in [0.2, 0.25) is 0 Å². The first-order valence-corrected chi connectivity index (χ1v) is 13.5. The number of rotatable bonds is 3. The van der Waals surface area contributed by atoms with E-state index >= 15 is 0 Å². The van der Waals surface area contributed by atoms with Gasteiger partial charge in [-0.2, -0.15) is 0 Å². The normalized spacial score (nSPS) is 17.9. The maximum absolute atomic E-state index is 13.3. The summed E-state index contributed by atoms with van der Waals surface area (Å²) in [6.07, 6.45) is 6.74. The third-order valence-electron chi connectivity index (χ3n) is 7.74. The molecule has 0 aliphatic carbocycles. The zero-order chi connectivity index (χ0) is 28.0. The maximum atomic E-state index is 13.3. The Bertz CT molecular complexity index is 1340. The number of aromatic nitrogens is 2. The van der Waals surface area contributed by atoms with E-state index in [2.05, 4.69) is 15.3 Å². The number of nitrogens with one attached hydrogen (secondary N) is 1. The summed E-state index contributed by atoms with van der Waals surface area (Å²) in [7, 11) is 1.50. The first-order valence-electron chi connectivity index (χ1n) is 13.5. The zero-order valence-electron chi connectivity index (χ0n) is 22.5. The molecule has 5 rings (SSSR count). The number of amides is 3. The minimum Gasteiger partial charge on any atom is -0.493 e. The second kappa shape index (κ2) is 12.2. The number of benzene rings is 1. The van der Waals surface area contributed by atoms with E-state index in [0.29, 0.717) is 87.8 Å². The van der Waals surface area contributed by atoms with Gasteiger partial charge in [-0.05, 0) is 55.4 Å². The summed E-state index contributed by atoms with van der Waals surface area (Å²) in [5.41, 5.74) is 0.829. The van der Waals surface area contributed by atoms with Gasteiger partial charge in [-0.1, -0.05) is 12.1 Å². The van der Waals surface area contributed by atoms with Crippen molar-refractivity contribution in [2.75, 3.05) is 46.4 Å². The highest BCUT2D eigenvalue weighted by molar-refractivity contribution is 5.97. The van der Waals surface area contributed by atoms with Gasteiger partial charge < -0.3 is 29.0 Å². The maximum Gasteiger partial charge on any atom is 0.275 e. The van der Waals surface area contributed by atoms with Gasteiger partial charge in [-0.15, -0.1) is 0 Å². The lowest BCUT2D eigenvalue weighted by molar-refractivity contribution is 0.0489. The molecule has 40 heavy (non-hydrogen) atoms. The molecule has 1 fully saturated rings. The summed E-state index contributed by atoms with van der Waals surface area (Å²) in [5, 5.41) is 3.12.